The van der Waals surface area contributed by atoms with Gasteiger partial charge in [-0.05, 0) is 61.0 Å². The van der Waals surface area contributed by atoms with Crippen LogP contribution in [-0.4, -0.2) is 21.4 Å². The van der Waals surface area contributed by atoms with Crippen molar-refractivity contribution in [3.63, 3.8) is 0 Å². The number of nitrogens with zero attached hydrogens (tertiary/aromatic N) is 2. The number of carbonyl (C=O) groups excluding carboxylic acids is 1. The maximum Gasteiger partial charge on any atom is 0.316 e. The number of benzene rings is 1. The Kier molecular flexibility index (Phi) is 5.95. The number of rotatable bonds is 6. The number of hydrogen-bond acceptors (Lipinski definition) is 5. The highest BCUT2D eigenvalue weighted by Gasteiger charge is 2.22. The average Bonchev–Trinajstić information content (AvgIpc) is 3.42. The number of thiophene rings is 1. The van der Waals surface area contributed by atoms with Gasteiger partial charge in [0.05, 0.1) is 6.42 Å². The van der Waals surface area contributed by atoms with Gasteiger partial charge < -0.3 is 10.1 Å². The number of hydrogen-bond donors (Lipinski definition) is 1. The normalized spacial score (nSPS) is 14.5. The second kappa shape index (κ2) is 9.17. The van der Waals surface area contributed by atoms with Crippen molar-refractivity contribution in [1.82, 2.24) is 9.38 Å². The summed E-state index contributed by atoms with van der Waals surface area (Å²) >= 11 is 1.56. The Morgan fingerprint density at radius 1 is 1.16 bits per heavy atom. The van der Waals surface area contributed by atoms with Gasteiger partial charge in [-0.2, -0.15) is 0 Å². The molecule has 3 aromatic heterocycles. The summed E-state index contributed by atoms with van der Waals surface area (Å²) in [6, 6.07) is 16.2. The number of aromatic nitrogens is 2. The molecule has 32 heavy (non-hydrogen) atoms. The predicted octanol–water partition coefficient (Wildman–Crippen LogP) is 6.26. The largest absolute Gasteiger partial charge is 0.426 e. The fraction of sp³-hybridized carbons (Fsp3) is 0.308. The van der Waals surface area contributed by atoms with E-state index in [4.69, 9.17) is 9.72 Å². The number of ether oxygens (including phenoxy) is 1. The van der Waals surface area contributed by atoms with E-state index >= 15 is 0 Å². The van der Waals surface area contributed by atoms with Crippen molar-refractivity contribution in [2.45, 2.75) is 51.5 Å². The first-order valence-electron chi connectivity index (χ1n) is 11.2. The van der Waals surface area contributed by atoms with E-state index in [1.54, 1.807) is 11.3 Å². The summed E-state index contributed by atoms with van der Waals surface area (Å²) in [6.45, 7) is 2.07. The van der Waals surface area contributed by atoms with Crippen LogP contribution in [0.2, 0.25) is 0 Å². The fourth-order valence-electron chi connectivity index (χ4n) is 4.38. The topological polar surface area (TPSA) is 55.6 Å². The molecule has 0 aliphatic heterocycles. The number of fused-ring (bicyclic) bond motifs is 1. The van der Waals surface area contributed by atoms with Crippen molar-refractivity contribution in [2.24, 2.45) is 0 Å². The maximum absolute atomic E-state index is 12.6. The van der Waals surface area contributed by atoms with Gasteiger partial charge in [-0.25, -0.2) is 4.98 Å². The van der Waals surface area contributed by atoms with Crippen LogP contribution in [-0.2, 0) is 11.2 Å². The Bertz CT molecular complexity index is 1220. The van der Waals surface area contributed by atoms with Crippen molar-refractivity contribution in [1.29, 1.82) is 0 Å². The Morgan fingerprint density at radius 2 is 2.00 bits per heavy atom. The van der Waals surface area contributed by atoms with E-state index in [2.05, 4.69) is 35.0 Å². The summed E-state index contributed by atoms with van der Waals surface area (Å²) in [7, 11) is 0. The Morgan fingerprint density at radius 3 is 2.81 bits per heavy atom. The smallest absolute Gasteiger partial charge is 0.316 e. The van der Waals surface area contributed by atoms with Crippen LogP contribution < -0.4 is 10.1 Å². The van der Waals surface area contributed by atoms with E-state index in [0.717, 1.165) is 46.0 Å². The molecule has 1 aliphatic carbocycles. The number of nitrogens with one attached hydrogen (secondary N) is 1. The van der Waals surface area contributed by atoms with Gasteiger partial charge in [0, 0.05) is 22.7 Å². The standard InChI is InChI=1S/C26H27N3O2S/c1-18-13-14-29-23(16-18)28-25(26(29)27-19-8-3-2-4-9-19)21-11-5-6-12-22(21)31-24(30)17-20-10-7-15-32-20/h5-7,10-16,19,27H,2-4,8-9,17H2,1H3. The molecule has 1 fully saturated rings. The van der Waals surface area contributed by atoms with Crippen LogP contribution in [0, 0.1) is 6.92 Å². The highest BCUT2D eigenvalue weighted by atomic mass is 32.1. The molecule has 1 aliphatic rings. The van der Waals surface area contributed by atoms with Crippen LogP contribution in [0.1, 0.15) is 42.5 Å². The summed E-state index contributed by atoms with van der Waals surface area (Å²) in [6.07, 6.45) is 8.47. The molecule has 164 valence electrons. The highest BCUT2D eigenvalue weighted by Crippen LogP contribution is 2.37. The number of aryl methyl sites for hydroxylation is 1. The molecule has 5 nitrogen and oxygen atoms in total. The summed E-state index contributed by atoms with van der Waals surface area (Å²) < 4.78 is 7.94. The van der Waals surface area contributed by atoms with E-state index in [9.17, 15) is 4.79 Å². The van der Waals surface area contributed by atoms with E-state index < -0.39 is 0 Å². The molecule has 5 rings (SSSR count). The molecular formula is C26H27N3O2S. The number of imidazole rings is 1. The second-order valence-corrected chi connectivity index (χ2v) is 9.48. The SMILES string of the molecule is Cc1ccn2c(NC3CCCCC3)c(-c3ccccc3OC(=O)Cc3cccs3)nc2c1. The molecule has 0 amide bonds. The van der Waals surface area contributed by atoms with Crippen molar-refractivity contribution in [3.8, 4) is 17.0 Å². The van der Waals surface area contributed by atoms with Crippen LogP contribution in [0.4, 0.5) is 5.82 Å². The lowest BCUT2D eigenvalue weighted by molar-refractivity contribution is -0.133. The van der Waals surface area contributed by atoms with Crippen LogP contribution in [0.5, 0.6) is 5.75 Å². The molecular weight excluding hydrogens is 418 g/mol. The minimum Gasteiger partial charge on any atom is -0.426 e. The van der Waals surface area contributed by atoms with Crippen molar-refractivity contribution in [2.75, 3.05) is 5.32 Å². The Labute approximate surface area is 192 Å². The Balaban J connectivity index is 1.52. The van der Waals surface area contributed by atoms with Crippen LogP contribution >= 0.6 is 11.3 Å². The molecule has 1 saturated carbocycles. The van der Waals surface area contributed by atoms with Crippen LogP contribution in [0.15, 0.2) is 60.1 Å². The molecule has 1 N–H and O–H groups in total. The quantitative estimate of drug-likeness (QED) is 0.281. The molecule has 0 radical (unpaired) electrons. The van der Waals surface area contributed by atoms with Crippen molar-refractivity contribution >= 4 is 28.8 Å². The zero-order valence-electron chi connectivity index (χ0n) is 18.2. The van der Waals surface area contributed by atoms with Gasteiger partial charge in [0.2, 0.25) is 0 Å². The third-order valence-corrected chi connectivity index (χ3v) is 6.87. The summed E-state index contributed by atoms with van der Waals surface area (Å²) in [5.41, 5.74) is 3.69. The van der Waals surface area contributed by atoms with Crippen molar-refractivity contribution in [3.05, 3.63) is 70.5 Å². The van der Waals surface area contributed by atoms with Crippen LogP contribution in [0.3, 0.4) is 0 Å². The van der Waals surface area contributed by atoms with Gasteiger partial charge in [0.25, 0.3) is 0 Å². The Hall–Kier alpha value is -3.12. The van der Waals surface area contributed by atoms with E-state index in [1.165, 1.54) is 19.3 Å². The summed E-state index contributed by atoms with van der Waals surface area (Å²) in [5.74, 6) is 1.25. The van der Waals surface area contributed by atoms with Gasteiger partial charge in [-0.3, -0.25) is 9.20 Å². The zero-order chi connectivity index (χ0) is 21.9. The van der Waals surface area contributed by atoms with Gasteiger partial charge in [0.15, 0.2) is 0 Å². The molecule has 0 atom stereocenters. The molecule has 0 bridgehead atoms. The highest BCUT2D eigenvalue weighted by molar-refractivity contribution is 7.10. The average molecular weight is 446 g/mol. The van der Waals surface area contributed by atoms with Gasteiger partial charge >= 0.3 is 5.97 Å². The third-order valence-electron chi connectivity index (χ3n) is 5.99. The van der Waals surface area contributed by atoms with Crippen molar-refractivity contribution < 1.29 is 9.53 Å². The minimum absolute atomic E-state index is 0.263. The third kappa shape index (κ3) is 4.41. The monoisotopic (exact) mass is 445 g/mol. The van der Waals surface area contributed by atoms with Gasteiger partial charge in [-0.15, -0.1) is 11.3 Å². The summed E-state index contributed by atoms with van der Waals surface area (Å²) in [4.78, 5) is 18.6. The molecule has 1 aromatic carbocycles. The van der Waals surface area contributed by atoms with E-state index in [0.29, 0.717) is 11.8 Å². The first kappa shape index (κ1) is 20.8. The molecule has 0 saturated heterocycles. The van der Waals surface area contributed by atoms with Gasteiger partial charge in [-0.1, -0.05) is 37.5 Å². The summed E-state index contributed by atoms with van der Waals surface area (Å²) in [5, 5.41) is 5.74. The fourth-order valence-corrected chi connectivity index (χ4v) is 5.07. The molecule has 4 aromatic rings. The first-order chi connectivity index (χ1) is 15.7. The molecule has 0 spiro atoms. The molecule has 3 heterocycles. The first-order valence-corrected chi connectivity index (χ1v) is 12.1. The minimum atomic E-state index is -0.263. The van der Waals surface area contributed by atoms with Crippen LogP contribution in [0.25, 0.3) is 16.9 Å². The predicted molar refractivity (Wildman–Crippen MR) is 130 cm³/mol. The van der Waals surface area contributed by atoms with E-state index in [1.807, 2.05) is 41.8 Å². The number of anilines is 1. The van der Waals surface area contributed by atoms with E-state index in [-0.39, 0.29) is 12.4 Å². The number of esters is 1. The molecule has 0 unspecified atom stereocenters. The lowest BCUT2D eigenvalue weighted by atomic mass is 9.95. The lowest BCUT2D eigenvalue weighted by Crippen LogP contribution is -2.23. The number of pyridine rings is 1. The number of para-hydroxylation sites is 1. The number of carbonyl (C=O) groups is 1. The maximum atomic E-state index is 12.6. The van der Waals surface area contributed by atoms with Gasteiger partial charge in [0.1, 0.15) is 22.9 Å². The lowest BCUT2D eigenvalue weighted by Gasteiger charge is -2.24. The zero-order valence-corrected chi connectivity index (χ0v) is 19.0. The second-order valence-electron chi connectivity index (χ2n) is 8.45. The molecule has 6 heteroatoms.